The third kappa shape index (κ3) is 3.37. The summed E-state index contributed by atoms with van der Waals surface area (Å²) in [7, 11) is 0. The van der Waals surface area contributed by atoms with Gasteiger partial charge in [-0.15, -0.1) is 0 Å². The molecule has 1 saturated heterocycles. The van der Waals surface area contributed by atoms with E-state index in [9.17, 15) is 4.79 Å². The third-order valence-corrected chi connectivity index (χ3v) is 4.50. The number of halogens is 1. The first-order valence-electron chi connectivity index (χ1n) is 5.48. The Morgan fingerprint density at radius 2 is 2.29 bits per heavy atom. The molecule has 1 aromatic rings. The summed E-state index contributed by atoms with van der Waals surface area (Å²) in [6, 6.07) is 7.37. The number of benzene rings is 1. The van der Waals surface area contributed by atoms with Crippen LogP contribution in [-0.2, 0) is 10.5 Å². The molecule has 1 aliphatic heterocycles. The lowest BCUT2D eigenvalue weighted by Crippen LogP contribution is -2.29. The van der Waals surface area contributed by atoms with Crippen molar-refractivity contribution >= 4 is 29.3 Å². The Balaban J connectivity index is 1.84. The molecule has 0 saturated carbocycles. The highest BCUT2D eigenvalue weighted by molar-refractivity contribution is 7.99. The average molecular weight is 272 g/mol. The van der Waals surface area contributed by atoms with Gasteiger partial charge in [-0.2, -0.15) is 11.8 Å². The molecule has 17 heavy (non-hydrogen) atoms. The van der Waals surface area contributed by atoms with Gasteiger partial charge in [-0.25, -0.2) is 0 Å². The van der Waals surface area contributed by atoms with E-state index in [0.717, 1.165) is 22.9 Å². The summed E-state index contributed by atoms with van der Waals surface area (Å²) < 4.78 is 0. The highest BCUT2D eigenvalue weighted by Gasteiger charge is 2.29. The fourth-order valence-electron chi connectivity index (χ4n) is 1.84. The standard InChI is InChI=1S/C12H14ClNO2S/c13-10-4-2-1-3-8(10)7-17-9-5-11(12(15)16)14-6-9/h1-4,9,11,14H,5-7H2,(H,15,16). The second-order valence-corrected chi connectivity index (χ2v) is 5.76. The number of carboxylic acid groups (broad SMARTS) is 1. The molecule has 1 aliphatic rings. The summed E-state index contributed by atoms with van der Waals surface area (Å²) >= 11 is 7.83. The zero-order chi connectivity index (χ0) is 12.3. The van der Waals surface area contributed by atoms with Gasteiger partial charge in [-0.3, -0.25) is 4.79 Å². The van der Waals surface area contributed by atoms with Crippen LogP contribution in [0.3, 0.4) is 0 Å². The minimum Gasteiger partial charge on any atom is -0.480 e. The largest absolute Gasteiger partial charge is 0.480 e. The van der Waals surface area contributed by atoms with Crippen molar-refractivity contribution in [2.24, 2.45) is 0 Å². The van der Waals surface area contributed by atoms with Crippen LogP contribution in [-0.4, -0.2) is 28.9 Å². The van der Waals surface area contributed by atoms with Gasteiger partial charge >= 0.3 is 5.97 Å². The van der Waals surface area contributed by atoms with Crippen molar-refractivity contribution in [3.05, 3.63) is 34.9 Å². The zero-order valence-corrected chi connectivity index (χ0v) is 10.8. The van der Waals surface area contributed by atoms with Crippen molar-refractivity contribution < 1.29 is 9.90 Å². The van der Waals surface area contributed by atoms with Crippen LogP contribution in [0.15, 0.2) is 24.3 Å². The summed E-state index contributed by atoms with van der Waals surface area (Å²) in [6.45, 7) is 0.756. The molecule has 0 spiro atoms. The van der Waals surface area contributed by atoms with E-state index in [1.165, 1.54) is 0 Å². The van der Waals surface area contributed by atoms with Crippen molar-refractivity contribution in [3.63, 3.8) is 0 Å². The van der Waals surface area contributed by atoms with Crippen LogP contribution < -0.4 is 5.32 Å². The minimum absolute atomic E-state index is 0.354. The number of rotatable bonds is 4. The molecule has 0 aromatic heterocycles. The molecular formula is C12H14ClNO2S. The Morgan fingerprint density at radius 3 is 2.94 bits per heavy atom. The SMILES string of the molecule is O=C(O)C1CC(SCc2ccccc2Cl)CN1. The van der Waals surface area contributed by atoms with Crippen molar-refractivity contribution in [1.82, 2.24) is 5.32 Å². The van der Waals surface area contributed by atoms with Gasteiger partial charge in [-0.1, -0.05) is 29.8 Å². The summed E-state index contributed by atoms with van der Waals surface area (Å²) in [5.74, 6) is 0.0732. The number of thioether (sulfide) groups is 1. The Kier molecular flexibility index (Phi) is 4.31. The quantitative estimate of drug-likeness (QED) is 0.883. The summed E-state index contributed by atoms with van der Waals surface area (Å²) in [5, 5.41) is 13.0. The first kappa shape index (κ1) is 12.7. The predicted octanol–water partition coefficient (Wildman–Crippen LogP) is 2.39. The van der Waals surface area contributed by atoms with E-state index in [4.69, 9.17) is 16.7 Å². The van der Waals surface area contributed by atoms with Crippen molar-refractivity contribution in [2.75, 3.05) is 6.54 Å². The van der Waals surface area contributed by atoms with E-state index in [2.05, 4.69) is 5.32 Å². The first-order chi connectivity index (χ1) is 8.16. The van der Waals surface area contributed by atoms with Gasteiger partial charge in [0.2, 0.25) is 0 Å². The number of nitrogens with one attached hydrogen (secondary N) is 1. The van der Waals surface area contributed by atoms with Crippen LogP contribution in [0, 0.1) is 0 Å². The number of aliphatic carboxylic acids is 1. The van der Waals surface area contributed by atoms with Gasteiger partial charge in [-0.05, 0) is 18.1 Å². The molecule has 3 nitrogen and oxygen atoms in total. The summed E-state index contributed by atoms with van der Waals surface area (Å²) in [6.07, 6.45) is 0.685. The fourth-order valence-corrected chi connectivity index (χ4v) is 3.33. The highest BCUT2D eigenvalue weighted by Crippen LogP contribution is 2.27. The van der Waals surface area contributed by atoms with E-state index in [-0.39, 0.29) is 0 Å². The molecule has 0 aliphatic carbocycles. The van der Waals surface area contributed by atoms with Crippen LogP contribution in [0.5, 0.6) is 0 Å². The lowest BCUT2D eigenvalue weighted by Gasteiger charge is -2.09. The molecule has 2 N–H and O–H groups in total. The lowest BCUT2D eigenvalue weighted by atomic mass is 10.2. The number of hydrogen-bond donors (Lipinski definition) is 2. The van der Waals surface area contributed by atoms with E-state index < -0.39 is 12.0 Å². The van der Waals surface area contributed by atoms with Crippen molar-refractivity contribution in [1.29, 1.82) is 0 Å². The monoisotopic (exact) mass is 271 g/mol. The van der Waals surface area contributed by atoms with Gasteiger partial charge in [0.05, 0.1) is 0 Å². The molecular weight excluding hydrogens is 258 g/mol. The molecule has 1 fully saturated rings. The maximum absolute atomic E-state index is 10.8. The van der Waals surface area contributed by atoms with Crippen LogP contribution >= 0.6 is 23.4 Å². The van der Waals surface area contributed by atoms with E-state index >= 15 is 0 Å². The normalized spacial score (nSPS) is 23.8. The van der Waals surface area contributed by atoms with Gasteiger partial charge < -0.3 is 10.4 Å². The highest BCUT2D eigenvalue weighted by atomic mass is 35.5. The first-order valence-corrected chi connectivity index (χ1v) is 6.90. The predicted molar refractivity (Wildman–Crippen MR) is 70.6 cm³/mol. The number of hydrogen-bond acceptors (Lipinski definition) is 3. The average Bonchev–Trinajstić information content (AvgIpc) is 2.77. The van der Waals surface area contributed by atoms with Crippen LogP contribution in [0.25, 0.3) is 0 Å². The molecule has 1 heterocycles. The molecule has 0 bridgehead atoms. The van der Waals surface area contributed by atoms with Crippen LogP contribution in [0.1, 0.15) is 12.0 Å². The van der Waals surface area contributed by atoms with Gasteiger partial charge in [0.25, 0.3) is 0 Å². The number of carbonyl (C=O) groups is 1. The minimum atomic E-state index is -0.758. The van der Waals surface area contributed by atoms with E-state index in [1.54, 1.807) is 11.8 Å². The zero-order valence-electron chi connectivity index (χ0n) is 9.23. The Morgan fingerprint density at radius 1 is 1.53 bits per heavy atom. The Hall–Kier alpha value is -0.710. The van der Waals surface area contributed by atoms with Crippen molar-refractivity contribution in [3.8, 4) is 0 Å². The van der Waals surface area contributed by atoms with Gasteiger partial charge in [0, 0.05) is 22.6 Å². The fraction of sp³-hybridized carbons (Fsp3) is 0.417. The molecule has 5 heteroatoms. The molecule has 92 valence electrons. The Bertz CT molecular complexity index is 413. The second-order valence-electron chi connectivity index (χ2n) is 4.06. The summed E-state index contributed by atoms with van der Waals surface area (Å²) in [4.78, 5) is 10.8. The molecule has 0 amide bonds. The topological polar surface area (TPSA) is 49.3 Å². The maximum Gasteiger partial charge on any atom is 0.320 e. The third-order valence-electron chi connectivity index (χ3n) is 2.82. The lowest BCUT2D eigenvalue weighted by molar-refractivity contribution is -0.139. The second kappa shape index (κ2) is 5.76. The van der Waals surface area contributed by atoms with E-state index in [1.807, 2.05) is 24.3 Å². The molecule has 1 aromatic carbocycles. The van der Waals surface area contributed by atoms with Crippen LogP contribution in [0.4, 0.5) is 0 Å². The molecule has 2 unspecified atom stereocenters. The Labute approximate surface area is 110 Å². The van der Waals surface area contributed by atoms with Crippen LogP contribution in [0.2, 0.25) is 5.02 Å². The smallest absolute Gasteiger partial charge is 0.320 e. The number of carboxylic acids is 1. The van der Waals surface area contributed by atoms with E-state index in [0.29, 0.717) is 11.7 Å². The maximum atomic E-state index is 10.8. The molecule has 0 radical (unpaired) electrons. The van der Waals surface area contributed by atoms with Gasteiger partial charge in [0.15, 0.2) is 0 Å². The van der Waals surface area contributed by atoms with Gasteiger partial charge in [0.1, 0.15) is 6.04 Å². The molecule has 2 atom stereocenters. The molecule has 2 rings (SSSR count). The van der Waals surface area contributed by atoms with Crippen molar-refractivity contribution in [2.45, 2.75) is 23.5 Å². The summed E-state index contributed by atoms with van der Waals surface area (Å²) in [5.41, 5.74) is 1.11.